The van der Waals surface area contributed by atoms with E-state index in [0.717, 1.165) is 34.5 Å². The Kier molecular flexibility index (Phi) is 6.44. The Bertz CT molecular complexity index is 1080. The van der Waals surface area contributed by atoms with Crippen LogP contribution < -0.4 is 5.43 Å². The average Bonchev–Trinajstić information content (AvgIpc) is 3.29. The summed E-state index contributed by atoms with van der Waals surface area (Å²) in [5.74, 6) is 0.156. The Morgan fingerprint density at radius 1 is 1.24 bits per heavy atom. The molecule has 0 fully saturated rings. The van der Waals surface area contributed by atoms with Gasteiger partial charge in [-0.15, -0.1) is 12.4 Å². The molecule has 0 aliphatic carbocycles. The van der Waals surface area contributed by atoms with E-state index in [1.165, 1.54) is 23.9 Å². The molecule has 0 saturated heterocycles. The van der Waals surface area contributed by atoms with Gasteiger partial charge >= 0.3 is 0 Å². The first-order chi connectivity index (χ1) is 13.5. The molecule has 0 radical (unpaired) electrons. The number of benzene rings is 1. The maximum Gasteiger partial charge on any atom is 0.182 e. The fraction of sp³-hybridized carbons (Fsp3) is 0.200. The van der Waals surface area contributed by atoms with E-state index in [4.69, 9.17) is 4.42 Å². The van der Waals surface area contributed by atoms with Crippen molar-refractivity contribution in [2.45, 2.75) is 20.4 Å². The summed E-state index contributed by atoms with van der Waals surface area (Å²) in [5.41, 5.74) is 7.10. The Labute approximate surface area is 177 Å². The quantitative estimate of drug-likeness (QED) is 0.613. The monoisotopic (exact) mass is 436 g/mol. The summed E-state index contributed by atoms with van der Waals surface area (Å²) in [6.07, 6.45) is 1.67. The van der Waals surface area contributed by atoms with Crippen molar-refractivity contribution in [1.29, 1.82) is 0 Å². The van der Waals surface area contributed by atoms with Gasteiger partial charge in [-0.2, -0.15) is 5.10 Å². The number of hydrogen-bond donors (Lipinski definition) is 1. The maximum absolute atomic E-state index is 13.8. The van der Waals surface area contributed by atoms with Crippen LogP contribution in [0.3, 0.4) is 0 Å². The summed E-state index contributed by atoms with van der Waals surface area (Å²) in [7, 11) is 0. The van der Waals surface area contributed by atoms with E-state index in [0.29, 0.717) is 17.5 Å². The van der Waals surface area contributed by atoms with Crippen LogP contribution >= 0.6 is 24.2 Å². The lowest BCUT2D eigenvalue weighted by Gasteiger charge is -2.15. The third-order valence-corrected chi connectivity index (χ3v) is 5.42. The summed E-state index contributed by atoms with van der Waals surface area (Å²) in [6, 6.07) is 9.23. The van der Waals surface area contributed by atoms with E-state index in [9.17, 15) is 8.78 Å². The summed E-state index contributed by atoms with van der Waals surface area (Å²) in [4.78, 5) is 4.18. The number of nitrogens with one attached hydrogen (secondary N) is 1. The van der Waals surface area contributed by atoms with Crippen LogP contribution in [0.25, 0.3) is 0 Å². The molecule has 0 saturated carbocycles. The molecule has 3 heterocycles. The van der Waals surface area contributed by atoms with Gasteiger partial charge in [0, 0.05) is 28.8 Å². The Morgan fingerprint density at radius 2 is 2.07 bits per heavy atom. The first kappa shape index (κ1) is 21.1. The fourth-order valence-corrected chi connectivity index (χ4v) is 3.85. The van der Waals surface area contributed by atoms with Gasteiger partial charge in [0.15, 0.2) is 11.0 Å². The van der Waals surface area contributed by atoms with E-state index in [-0.39, 0.29) is 18.1 Å². The van der Waals surface area contributed by atoms with Crippen molar-refractivity contribution >= 4 is 40.7 Å². The lowest BCUT2D eigenvalue weighted by Crippen LogP contribution is -2.25. The highest BCUT2D eigenvalue weighted by atomic mass is 35.5. The van der Waals surface area contributed by atoms with Crippen molar-refractivity contribution in [3.63, 3.8) is 0 Å². The second-order valence-electron chi connectivity index (χ2n) is 6.42. The van der Waals surface area contributed by atoms with Gasteiger partial charge in [0.2, 0.25) is 0 Å². The van der Waals surface area contributed by atoms with Gasteiger partial charge in [0.1, 0.15) is 17.3 Å². The number of furan rings is 1. The lowest BCUT2D eigenvalue weighted by molar-refractivity contribution is 0.489. The number of aryl methyl sites for hydroxylation is 1. The number of amidine groups is 1. The molecular formula is C20H19ClF2N4OS. The zero-order valence-electron chi connectivity index (χ0n) is 15.8. The number of nitrogens with zero attached hydrogens (tertiary/aromatic N) is 3. The van der Waals surface area contributed by atoms with Gasteiger partial charge in [-0.1, -0.05) is 11.8 Å². The van der Waals surface area contributed by atoms with Crippen LogP contribution in [0.15, 0.2) is 57.2 Å². The van der Waals surface area contributed by atoms with E-state index in [1.54, 1.807) is 6.26 Å². The van der Waals surface area contributed by atoms with Crippen LogP contribution in [0, 0.1) is 25.5 Å². The third-order valence-electron chi connectivity index (χ3n) is 4.54. The molecule has 29 heavy (non-hydrogen) atoms. The number of aromatic nitrogens is 1. The molecule has 1 aromatic carbocycles. The van der Waals surface area contributed by atoms with Crippen LogP contribution in [-0.4, -0.2) is 21.2 Å². The highest BCUT2D eigenvalue weighted by Gasteiger charge is 2.19. The SMILES string of the molecule is Cc1cc(C2=NNC(=Nc3ccc(F)cc3F)SC2)c(C)n1Cc1ccco1.Cl. The molecule has 5 nitrogen and oxygen atoms in total. The van der Waals surface area contributed by atoms with E-state index < -0.39 is 11.6 Å². The minimum absolute atomic E-state index is 0. The van der Waals surface area contributed by atoms with E-state index in [2.05, 4.69) is 33.1 Å². The molecule has 1 aliphatic rings. The average molecular weight is 437 g/mol. The summed E-state index contributed by atoms with van der Waals surface area (Å²) in [5, 5.41) is 4.89. The number of hydrogen-bond acceptors (Lipinski definition) is 4. The topological polar surface area (TPSA) is 54.8 Å². The minimum Gasteiger partial charge on any atom is -0.467 e. The molecule has 3 aromatic rings. The van der Waals surface area contributed by atoms with Crippen LogP contribution in [-0.2, 0) is 6.54 Å². The first-order valence-electron chi connectivity index (χ1n) is 8.70. The second kappa shape index (κ2) is 8.84. The van der Waals surface area contributed by atoms with Gasteiger partial charge in [-0.3, -0.25) is 5.43 Å². The van der Waals surface area contributed by atoms with Crippen molar-refractivity contribution < 1.29 is 13.2 Å². The highest BCUT2D eigenvalue weighted by molar-refractivity contribution is 8.14. The molecule has 0 atom stereocenters. The Balaban J connectivity index is 0.00000240. The fourth-order valence-electron chi connectivity index (χ4n) is 3.09. The lowest BCUT2D eigenvalue weighted by atomic mass is 10.1. The third kappa shape index (κ3) is 4.54. The minimum atomic E-state index is -0.703. The van der Waals surface area contributed by atoms with Crippen LogP contribution in [0.5, 0.6) is 0 Å². The predicted molar refractivity (Wildman–Crippen MR) is 115 cm³/mol. The van der Waals surface area contributed by atoms with Gasteiger partial charge in [0.05, 0.1) is 18.5 Å². The Morgan fingerprint density at radius 3 is 2.72 bits per heavy atom. The van der Waals surface area contributed by atoms with Gasteiger partial charge in [0.25, 0.3) is 0 Å². The smallest absolute Gasteiger partial charge is 0.182 e. The normalized spacial score (nSPS) is 15.0. The predicted octanol–water partition coefficient (Wildman–Crippen LogP) is 5.17. The standard InChI is InChI=1S/C20H18F2N4OS.ClH/c1-12-8-16(13(2)26(12)10-15-4-3-7-27-15)19-11-28-20(25-24-19)23-18-6-5-14(21)9-17(18)22;/h3-9H,10-11H2,1-2H3,(H,23,25);1H. The number of rotatable bonds is 4. The van der Waals surface area contributed by atoms with Gasteiger partial charge in [-0.05, 0) is 44.2 Å². The largest absolute Gasteiger partial charge is 0.467 e. The molecule has 1 N–H and O–H groups in total. The second-order valence-corrected chi connectivity index (χ2v) is 7.39. The van der Waals surface area contributed by atoms with Crippen molar-refractivity contribution in [1.82, 2.24) is 9.99 Å². The molecule has 0 bridgehead atoms. The van der Waals surface area contributed by atoms with Crippen molar-refractivity contribution in [2.75, 3.05) is 5.75 Å². The molecule has 9 heteroatoms. The van der Waals surface area contributed by atoms with Gasteiger partial charge in [-0.25, -0.2) is 13.8 Å². The molecular weight excluding hydrogens is 418 g/mol. The summed E-state index contributed by atoms with van der Waals surface area (Å²) < 4.78 is 34.4. The maximum atomic E-state index is 13.8. The molecule has 0 amide bonds. The van der Waals surface area contributed by atoms with E-state index >= 15 is 0 Å². The summed E-state index contributed by atoms with van der Waals surface area (Å²) in [6.45, 7) is 4.76. The molecule has 4 rings (SSSR count). The first-order valence-corrected chi connectivity index (χ1v) is 9.68. The van der Waals surface area contributed by atoms with Crippen LogP contribution in [0.1, 0.15) is 22.7 Å². The Hall–Kier alpha value is -2.58. The highest BCUT2D eigenvalue weighted by Crippen LogP contribution is 2.24. The zero-order valence-corrected chi connectivity index (χ0v) is 17.4. The van der Waals surface area contributed by atoms with Crippen molar-refractivity contribution in [3.05, 3.63) is 77.0 Å². The van der Waals surface area contributed by atoms with Crippen LogP contribution in [0.4, 0.5) is 14.5 Å². The number of aliphatic imine (C=N–C) groups is 1. The van der Waals surface area contributed by atoms with Crippen molar-refractivity contribution in [2.24, 2.45) is 10.1 Å². The number of hydrazone groups is 1. The van der Waals surface area contributed by atoms with Crippen molar-refractivity contribution in [3.8, 4) is 0 Å². The molecule has 0 unspecified atom stereocenters. The molecule has 2 aromatic heterocycles. The van der Waals surface area contributed by atoms with Crippen LogP contribution in [0.2, 0.25) is 0 Å². The number of halogens is 3. The molecule has 152 valence electrons. The molecule has 0 spiro atoms. The zero-order chi connectivity index (χ0) is 19.7. The van der Waals surface area contributed by atoms with E-state index in [1.807, 2.05) is 19.1 Å². The molecule has 1 aliphatic heterocycles. The van der Waals surface area contributed by atoms with Gasteiger partial charge < -0.3 is 8.98 Å². The number of thioether (sulfide) groups is 1. The summed E-state index contributed by atoms with van der Waals surface area (Å²) >= 11 is 1.42.